The highest BCUT2D eigenvalue weighted by molar-refractivity contribution is 6.29. The zero-order valence-electron chi connectivity index (χ0n) is 7.82. The molecule has 0 spiro atoms. The summed E-state index contributed by atoms with van der Waals surface area (Å²) in [4.78, 5) is 10.4. The summed E-state index contributed by atoms with van der Waals surface area (Å²) in [6.07, 6.45) is 2.22. The van der Waals surface area contributed by atoms with Crippen LogP contribution in [0.5, 0.6) is 0 Å². The number of rotatable bonds is 5. The number of carbonyl (C=O) groups is 1. The van der Waals surface area contributed by atoms with Crippen LogP contribution >= 0.6 is 11.6 Å². The third kappa shape index (κ3) is 3.79. The minimum atomic E-state index is -0.931. The van der Waals surface area contributed by atoms with Crippen molar-refractivity contribution in [1.29, 1.82) is 0 Å². The van der Waals surface area contributed by atoms with Gasteiger partial charge in [-0.2, -0.15) is 0 Å². The maximum Gasteiger partial charge on any atom is 0.321 e. The largest absolute Gasteiger partial charge is 0.480 e. The first kappa shape index (κ1) is 11.1. The Morgan fingerprint density at radius 3 is 2.57 bits per heavy atom. The van der Waals surface area contributed by atoms with Crippen molar-refractivity contribution in [3.8, 4) is 0 Å². The van der Waals surface area contributed by atoms with E-state index in [-0.39, 0.29) is 0 Å². The van der Waals surface area contributed by atoms with Crippen LogP contribution in [0.4, 0.5) is 0 Å². The van der Waals surface area contributed by atoms with Gasteiger partial charge in [0, 0.05) is 0 Å². The highest BCUT2D eigenvalue weighted by atomic mass is 35.5. The minimum Gasteiger partial charge on any atom is -0.480 e. The number of carboxylic acids is 1. The summed E-state index contributed by atoms with van der Waals surface area (Å²) in [7, 11) is 0. The van der Waals surface area contributed by atoms with Gasteiger partial charge in [-0.05, 0) is 24.8 Å². The Kier molecular flexibility index (Phi) is 4.47. The van der Waals surface area contributed by atoms with Gasteiger partial charge in [-0.1, -0.05) is 30.3 Å². The lowest BCUT2D eigenvalue weighted by Crippen LogP contribution is -2.12. The molecule has 3 heteroatoms. The van der Waals surface area contributed by atoms with Crippen molar-refractivity contribution in [3.63, 3.8) is 0 Å². The second-order valence-electron chi connectivity index (χ2n) is 3.18. The molecule has 0 aliphatic carbocycles. The van der Waals surface area contributed by atoms with Crippen molar-refractivity contribution in [1.82, 2.24) is 0 Å². The van der Waals surface area contributed by atoms with E-state index in [1.54, 1.807) is 0 Å². The highest BCUT2D eigenvalue weighted by Crippen LogP contribution is 2.10. The Hall–Kier alpha value is -1.02. The predicted molar refractivity (Wildman–Crippen MR) is 56.7 cm³/mol. The molecule has 0 heterocycles. The maximum atomic E-state index is 10.4. The van der Waals surface area contributed by atoms with E-state index in [2.05, 4.69) is 0 Å². The van der Waals surface area contributed by atoms with Gasteiger partial charge in [0.15, 0.2) is 0 Å². The second-order valence-corrected chi connectivity index (χ2v) is 3.71. The maximum absolute atomic E-state index is 10.4. The summed E-state index contributed by atoms with van der Waals surface area (Å²) in [5.41, 5.74) is 1.22. The van der Waals surface area contributed by atoms with Crippen LogP contribution in [0.25, 0.3) is 0 Å². The summed E-state index contributed by atoms with van der Waals surface area (Å²) in [5, 5.41) is 7.80. The lowest BCUT2D eigenvalue weighted by Gasteiger charge is -2.03. The first-order valence-corrected chi connectivity index (χ1v) is 5.04. The summed E-state index contributed by atoms with van der Waals surface area (Å²) >= 11 is 5.58. The van der Waals surface area contributed by atoms with E-state index in [1.807, 2.05) is 30.3 Å². The molecule has 0 fully saturated rings. The van der Waals surface area contributed by atoms with Crippen LogP contribution in [-0.4, -0.2) is 16.5 Å². The molecular weight excluding hydrogens is 200 g/mol. The van der Waals surface area contributed by atoms with Crippen LogP contribution in [0.2, 0.25) is 0 Å². The standard InChI is InChI=1S/C11H13ClO2/c12-10(11(13)14)8-4-7-9-5-2-1-3-6-9/h1-3,5-6,10H,4,7-8H2,(H,13,14). The third-order valence-electron chi connectivity index (χ3n) is 2.03. The van der Waals surface area contributed by atoms with Gasteiger partial charge in [-0.25, -0.2) is 0 Å². The normalized spacial score (nSPS) is 12.4. The summed E-state index contributed by atoms with van der Waals surface area (Å²) in [6.45, 7) is 0. The minimum absolute atomic E-state index is 0.520. The van der Waals surface area contributed by atoms with Gasteiger partial charge in [0.25, 0.3) is 0 Å². The average molecular weight is 213 g/mol. The Morgan fingerprint density at radius 1 is 1.36 bits per heavy atom. The number of hydrogen-bond donors (Lipinski definition) is 1. The van der Waals surface area contributed by atoms with E-state index in [4.69, 9.17) is 16.7 Å². The molecule has 76 valence electrons. The molecule has 2 nitrogen and oxygen atoms in total. The summed E-state index contributed by atoms with van der Waals surface area (Å²) < 4.78 is 0. The molecule has 0 radical (unpaired) electrons. The molecule has 0 aromatic heterocycles. The first-order chi connectivity index (χ1) is 6.70. The van der Waals surface area contributed by atoms with Crippen LogP contribution in [-0.2, 0) is 11.2 Å². The van der Waals surface area contributed by atoms with Gasteiger partial charge in [-0.15, -0.1) is 11.6 Å². The zero-order valence-corrected chi connectivity index (χ0v) is 8.57. The molecular formula is C11H13ClO2. The number of hydrogen-bond acceptors (Lipinski definition) is 1. The van der Waals surface area contributed by atoms with E-state index in [0.29, 0.717) is 6.42 Å². The van der Waals surface area contributed by atoms with Gasteiger partial charge in [-0.3, -0.25) is 4.79 Å². The molecule has 1 aromatic rings. The van der Waals surface area contributed by atoms with Crippen molar-refractivity contribution in [2.45, 2.75) is 24.6 Å². The van der Waals surface area contributed by atoms with E-state index < -0.39 is 11.3 Å². The molecule has 14 heavy (non-hydrogen) atoms. The fraction of sp³-hybridized carbons (Fsp3) is 0.364. The van der Waals surface area contributed by atoms with Crippen molar-refractivity contribution in [2.75, 3.05) is 0 Å². The van der Waals surface area contributed by atoms with Crippen LogP contribution in [0.1, 0.15) is 18.4 Å². The molecule has 0 saturated carbocycles. The smallest absolute Gasteiger partial charge is 0.321 e. The number of aliphatic carboxylic acids is 1. The Labute approximate surface area is 88.5 Å². The van der Waals surface area contributed by atoms with Crippen molar-refractivity contribution in [2.24, 2.45) is 0 Å². The van der Waals surface area contributed by atoms with E-state index in [1.165, 1.54) is 5.56 Å². The Balaban J connectivity index is 2.26. The van der Waals surface area contributed by atoms with E-state index in [0.717, 1.165) is 12.8 Å². The number of carboxylic acid groups (broad SMARTS) is 1. The van der Waals surface area contributed by atoms with Gasteiger partial charge in [0.1, 0.15) is 5.38 Å². The average Bonchev–Trinajstić information content (AvgIpc) is 2.19. The lowest BCUT2D eigenvalue weighted by atomic mass is 10.1. The topological polar surface area (TPSA) is 37.3 Å². The van der Waals surface area contributed by atoms with Gasteiger partial charge in [0.2, 0.25) is 0 Å². The number of alkyl halides is 1. The summed E-state index contributed by atoms with van der Waals surface area (Å²) in [6, 6.07) is 9.98. The van der Waals surface area contributed by atoms with Crippen molar-refractivity contribution in [3.05, 3.63) is 35.9 Å². The van der Waals surface area contributed by atoms with Crippen LogP contribution in [0, 0.1) is 0 Å². The first-order valence-electron chi connectivity index (χ1n) is 4.61. The molecule has 1 unspecified atom stereocenters. The molecule has 0 aliphatic heterocycles. The molecule has 1 N–H and O–H groups in total. The molecule has 0 amide bonds. The van der Waals surface area contributed by atoms with Gasteiger partial charge in [0.05, 0.1) is 0 Å². The van der Waals surface area contributed by atoms with E-state index in [9.17, 15) is 4.79 Å². The molecule has 0 bridgehead atoms. The third-order valence-corrected chi connectivity index (χ3v) is 2.44. The monoisotopic (exact) mass is 212 g/mol. The number of benzene rings is 1. The molecule has 0 saturated heterocycles. The number of aryl methyl sites for hydroxylation is 1. The fourth-order valence-electron chi connectivity index (χ4n) is 1.25. The quantitative estimate of drug-likeness (QED) is 0.762. The molecule has 1 rings (SSSR count). The summed E-state index contributed by atoms with van der Waals surface area (Å²) in [5.74, 6) is -0.931. The molecule has 1 aromatic carbocycles. The predicted octanol–water partition coefficient (Wildman–Crippen LogP) is 2.70. The van der Waals surface area contributed by atoms with E-state index >= 15 is 0 Å². The van der Waals surface area contributed by atoms with Crippen molar-refractivity contribution >= 4 is 17.6 Å². The SMILES string of the molecule is O=C(O)C(Cl)CCCc1ccccc1. The van der Waals surface area contributed by atoms with Gasteiger partial charge < -0.3 is 5.11 Å². The van der Waals surface area contributed by atoms with Gasteiger partial charge >= 0.3 is 5.97 Å². The van der Waals surface area contributed by atoms with Crippen LogP contribution < -0.4 is 0 Å². The number of halogens is 1. The van der Waals surface area contributed by atoms with Crippen LogP contribution in [0.3, 0.4) is 0 Å². The second kappa shape index (κ2) is 5.66. The Bertz CT molecular complexity index is 285. The zero-order chi connectivity index (χ0) is 10.4. The van der Waals surface area contributed by atoms with Crippen LogP contribution in [0.15, 0.2) is 30.3 Å². The highest BCUT2D eigenvalue weighted by Gasteiger charge is 2.12. The Morgan fingerprint density at radius 2 is 2.00 bits per heavy atom. The molecule has 0 aliphatic rings. The lowest BCUT2D eigenvalue weighted by molar-refractivity contribution is -0.136. The molecule has 1 atom stereocenters. The fourth-order valence-corrected chi connectivity index (χ4v) is 1.41. The van der Waals surface area contributed by atoms with Crippen molar-refractivity contribution < 1.29 is 9.90 Å².